The van der Waals surface area contributed by atoms with Gasteiger partial charge in [0.1, 0.15) is 5.65 Å². The number of halogens is 2. The van der Waals surface area contributed by atoms with Crippen molar-refractivity contribution in [3.63, 3.8) is 0 Å². The van der Waals surface area contributed by atoms with E-state index in [0.29, 0.717) is 22.5 Å². The van der Waals surface area contributed by atoms with Crippen molar-refractivity contribution in [2.24, 2.45) is 0 Å². The molecule has 0 bridgehead atoms. The highest BCUT2D eigenvalue weighted by Crippen LogP contribution is 2.29. The molecule has 0 radical (unpaired) electrons. The van der Waals surface area contributed by atoms with Crippen molar-refractivity contribution in [1.82, 2.24) is 19.9 Å². The molecular weight excluding hydrogens is 293 g/mol. The van der Waals surface area contributed by atoms with Crippen LogP contribution in [0.3, 0.4) is 0 Å². The van der Waals surface area contributed by atoms with Gasteiger partial charge < -0.3 is 10.3 Å². The molecule has 3 heterocycles. The van der Waals surface area contributed by atoms with E-state index in [9.17, 15) is 4.39 Å². The minimum Gasteiger partial charge on any atom is -0.365 e. The van der Waals surface area contributed by atoms with Crippen LogP contribution in [0.5, 0.6) is 0 Å². The molecule has 0 saturated heterocycles. The SMILES string of the molecule is Fc1cnc(-c2c[nH]c3ncc(Cl)cc23)nc1NC1CC1. The summed E-state index contributed by atoms with van der Waals surface area (Å²) in [5, 5.41) is 4.41. The number of aromatic nitrogens is 4. The van der Waals surface area contributed by atoms with Crippen LogP contribution in [0.15, 0.2) is 24.7 Å². The molecule has 5 nitrogen and oxygen atoms in total. The van der Waals surface area contributed by atoms with Crippen LogP contribution in [0.25, 0.3) is 22.4 Å². The summed E-state index contributed by atoms with van der Waals surface area (Å²) in [6.45, 7) is 0. The van der Waals surface area contributed by atoms with Crippen molar-refractivity contribution in [2.45, 2.75) is 18.9 Å². The van der Waals surface area contributed by atoms with E-state index in [1.54, 1.807) is 18.5 Å². The Hall–Kier alpha value is -2.21. The third-order valence-electron chi connectivity index (χ3n) is 3.40. The number of aromatic amines is 1. The van der Waals surface area contributed by atoms with Gasteiger partial charge in [0.2, 0.25) is 0 Å². The molecule has 1 saturated carbocycles. The molecule has 4 rings (SSSR count). The standard InChI is InChI=1S/C14H11ClFN5/c15-7-3-9-10(5-18-12(9)17-4-7)13-19-6-11(16)14(21-13)20-8-1-2-8/h3-6,8H,1-2H2,(H,17,18)(H,19,20,21). The lowest BCUT2D eigenvalue weighted by molar-refractivity contribution is 0.617. The zero-order chi connectivity index (χ0) is 14.4. The van der Waals surface area contributed by atoms with E-state index in [0.717, 1.165) is 23.8 Å². The predicted octanol–water partition coefficient (Wildman–Crippen LogP) is 3.39. The van der Waals surface area contributed by atoms with E-state index in [1.165, 1.54) is 6.20 Å². The molecule has 1 aliphatic rings. The molecule has 0 atom stereocenters. The fourth-order valence-electron chi connectivity index (χ4n) is 2.18. The first-order chi connectivity index (χ1) is 10.2. The molecule has 3 aromatic heterocycles. The maximum atomic E-state index is 13.7. The fraction of sp³-hybridized carbons (Fsp3) is 0.214. The van der Waals surface area contributed by atoms with E-state index in [4.69, 9.17) is 11.6 Å². The summed E-state index contributed by atoms with van der Waals surface area (Å²) < 4.78 is 13.7. The second-order valence-electron chi connectivity index (χ2n) is 5.06. The summed E-state index contributed by atoms with van der Waals surface area (Å²) in [5.41, 5.74) is 1.44. The summed E-state index contributed by atoms with van der Waals surface area (Å²) in [5.74, 6) is 0.239. The zero-order valence-electron chi connectivity index (χ0n) is 10.9. The summed E-state index contributed by atoms with van der Waals surface area (Å²) >= 11 is 5.98. The molecule has 106 valence electrons. The topological polar surface area (TPSA) is 66.5 Å². The summed E-state index contributed by atoms with van der Waals surface area (Å²) in [6.07, 6.45) is 6.60. The number of H-pyrrole nitrogens is 1. The monoisotopic (exact) mass is 303 g/mol. The Labute approximate surface area is 124 Å². The highest BCUT2D eigenvalue weighted by molar-refractivity contribution is 6.31. The van der Waals surface area contributed by atoms with Crippen LogP contribution < -0.4 is 5.32 Å². The first-order valence-corrected chi connectivity index (χ1v) is 7.00. The second kappa shape index (κ2) is 4.66. The Balaban J connectivity index is 1.82. The molecule has 0 aromatic carbocycles. The van der Waals surface area contributed by atoms with E-state index in [2.05, 4.69) is 25.3 Å². The number of hydrogen-bond donors (Lipinski definition) is 2. The fourth-order valence-corrected chi connectivity index (χ4v) is 2.34. The van der Waals surface area contributed by atoms with Gasteiger partial charge in [0.15, 0.2) is 17.5 Å². The van der Waals surface area contributed by atoms with Crippen LogP contribution in [0.4, 0.5) is 10.2 Å². The Morgan fingerprint density at radius 2 is 2.14 bits per heavy atom. The molecule has 0 amide bonds. The first kappa shape index (κ1) is 12.5. The predicted molar refractivity (Wildman–Crippen MR) is 78.7 cm³/mol. The zero-order valence-corrected chi connectivity index (χ0v) is 11.7. The number of rotatable bonds is 3. The van der Waals surface area contributed by atoms with Gasteiger partial charge in [0.05, 0.1) is 11.2 Å². The highest BCUT2D eigenvalue weighted by atomic mass is 35.5. The molecule has 21 heavy (non-hydrogen) atoms. The third kappa shape index (κ3) is 2.31. The normalized spacial score (nSPS) is 14.6. The van der Waals surface area contributed by atoms with Gasteiger partial charge >= 0.3 is 0 Å². The van der Waals surface area contributed by atoms with Crippen molar-refractivity contribution in [3.05, 3.63) is 35.5 Å². The Morgan fingerprint density at radius 1 is 1.29 bits per heavy atom. The second-order valence-corrected chi connectivity index (χ2v) is 5.50. The molecule has 1 aliphatic carbocycles. The number of pyridine rings is 1. The number of nitrogens with zero attached hydrogens (tertiary/aromatic N) is 3. The maximum absolute atomic E-state index is 13.7. The van der Waals surface area contributed by atoms with E-state index < -0.39 is 5.82 Å². The van der Waals surface area contributed by atoms with Crippen molar-refractivity contribution in [3.8, 4) is 11.4 Å². The van der Waals surface area contributed by atoms with Crippen molar-refractivity contribution < 1.29 is 4.39 Å². The van der Waals surface area contributed by atoms with Gasteiger partial charge in [-0.1, -0.05) is 11.6 Å². The molecular formula is C14H11ClFN5. The number of nitrogens with one attached hydrogen (secondary N) is 2. The van der Waals surface area contributed by atoms with Crippen LogP contribution in [0, 0.1) is 5.82 Å². The smallest absolute Gasteiger partial charge is 0.183 e. The van der Waals surface area contributed by atoms with Gasteiger partial charge in [-0.3, -0.25) is 0 Å². The average Bonchev–Trinajstić information content (AvgIpc) is 3.19. The van der Waals surface area contributed by atoms with Crippen LogP contribution in [0.1, 0.15) is 12.8 Å². The highest BCUT2D eigenvalue weighted by Gasteiger charge is 2.23. The number of hydrogen-bond acceptors (Lipinski definition) is 4. The van der Waals surface area contributed by atoms with Crippen molar-refractivity contribution >= 4 is 28.5 Å². The minimum absolute atomic E-state index is 0.242. The quantitative estimate of drug-likeness (QED) is 0.778. The van der Waals surface area contributed by atoms with Gasteiger partial charge in [-0.05, 0) is 18.9 Å². The molecule has 0 unspecified atom stereocenters. The molecule has 2 N–H and O–H groups in total. The Bertz CT molecular complexity index is 827. The summed E-state index contributed by atoms with van der Waals surface area (Å²) in [7, 11) is 0. The lowest BCUT2D eigenvalue weighted by Gasteiger charge is -2.06. The van der Waals surface area contributed by atoms with E-state index in [1.807, 2.05) is 0 Å². The van der Waals surface area contributed by atoms with Crippen LogP contribution in [0.2, 0.25) is 5.02 Å². The van der Waals surface area contributed by atoms with Gasteiger partial charge in [0.25, 0.3) is 0 Å². The van der Waals surface area contributed by atoms with Crippen LogP contribution >= 0.6 is 11.6 Å². The van der Waals surface area contributed by atoms with Gasteiger partial charge in [-0.25, -0.2) is 19.3 Å². The average molecular weight is 304 g/mol. The Morgan fingerprint density at radius 3 is 2.95 bits per heavy atom. The van der Waals surface area contributed by atoms with Crippen molar-refractivity contribution in [1.29, 1.82) is 0 Å². The summed E-state index contributed by atoms with van der Waals surface area (Å²) in [6, 6.07) is 2.11. The van der Waals surface area contributed by atoms with Gasteiger partial charge in [0, 0.05) is 29.4 Å². The van der Waals surface area contributed by atoms with Crippen LogP contribution in [-0.2, 0) is 0 Å². The van der Waals surface area contributed by atoms with Crippen LogP contribution in [-0.4, -0.2) is 26.0 Å². The molecule has 7 heteroatoms. The largest absolute Gasteiger partial charge is 0.365 e. The molecule has 1 fully saturated rings. The molecule has 0 spiro atoms. The Kier molecular flexibility index (Phi) is 2.78. The van der Waals surface area contributed by atoms with Gasteiger partial charge in [-0.2, -0.15) is 0 Å². The van der Waals surface area contributed by atoms with E-state index >= 15 is 0 Å². The lowest BCUT2D eigenvalue weighted by atomic mass is 10.2. The maximum Gasteiger partial charge on any atom is 0.183 e. The first-order valence-electron chi connectivity index (χ1n) is 6.63. The minimum atomic E-state index is -0.443. The van der Waals surface area contributed by atoms with Crippen molar-refractivity contribution in [2.75, 3.05) is 5.32 Å². The lowest BCUT2D eigenvalue weighted by Crippen LogP contribution is -2.07. The third-order valence-corrected chi connectivity index (χ3v) is 3.61. The number of fused-ring (bicyclic) bond motifs is 1. The summed E-state index contributed by atoms with van der Waals surface area (Å²) in [4.78, 5) is 15.6. The number of anilines is 1. The van der Waals surface area contributed by atoms with E-state index in [-0.39, 0.29) is 5.82 Å². The molecule has 3 aromatic rings. The van der Waals surface area contributed by atoms with Gasteiger partial charge in [-0.15, -0.1) is 0 Å². The molecule has 0 aliphatic heterocycles.